The third-order valence-electron chi connectivity index (χ3n) is 4.06. The highest BCUT2D eigenvalue weighted by molar-refractivity contribution is 5.47. The van der Waals surface area contributed by atoms with Gasteiger partial charge in [0, 0.05) is 25.8 Å². The van der Waals surface area contributed by atoms with E-state index < -0.39 is 0 Å². The number of anilines is 1. The third kappa shape index (κ3) is 3.95. The molecule has 3 nitrogen and oxygen atoms in total. The second-order valence-corrected chi connectivity index (χ2v) is 5.49. The van der Waals surface area contributed by atoms with Crippen LogP contribution in [0.5, 0.6) is 0 Å². The molecule has 1 fully saturated rings. The monoisotopic (exact) mass is 262 g/mol. The first kappa shape index (κ1) is 14.4. The molecule has 2 rings (SSSR count). The number of hydrogen-bond acceptors (Lipinski definition) is 3. The van der Waals surface area contributed by atoms with Crippen molar-refractivity contribution in [3.8, 4) is 0 Å². The topological polar surface area (TPSA) is 26.7 Å². The maximum atomic E-state index is 9.79. The molecule has 0 radical (unpaired) electrons. The molecule has 1 aliphatic rings. The van der Waals surface area contributed by atoms with Crippen molar-refractivity contribution in [1.29, 1.82) is 0 Å². The zero-order valence-corrected chi connectivity index (χ0v) is 12.2. The van der Waals surface area contributed by atoms with Gasteiger partial charge in [-0.25, -0.2) is 0 Å². The highest BCUT2D eigenvalue weighted by atomic mass is 16.3. The molecular formula is C16H26N2O. The van der Waals surface area contributed by atoms with Gasteiger partial charge in [0.15, 0.2) is 0 Å². The summed E-state index contributed by atoms with van der Waals surface area (Å²) in [7, 11) is 2.14. The van der Waals surface area contributed by atoms with Gasteiger partial charge in [-0.15, -0.1) is 0 Å². The Morgan fingerprint density at radius 1 is 1.21 bits per heavy atom. The Bertz CT molecular complexity index is 371. The quantitative estimate of drug-likeness (QED) is 0.854. The smallest absolute Gasteiger partial charge is 0.0787 e. The summed E-state index contributed by atoms with van der Waals surface area (Å²) in [4.78, 5) is 4.83. The van der Waals surface area contributed by atoms with E-state index in [0.29, 0.717) is 0 Å². The van der Waals surface area contributed by atoms with E-state index in [2.05, 4.69) is 29.0 Å². The highest BCUT2D eigenvalue weighted by Gasteiger charge is 2.12. The fourth-order valence-corrected chi connectivity index (χ4v) is 2.61. The summed E-state index contributed by atoms with van der Waals surface area (Å²) < 4.78 is 0. The predicted octanol–water partition coefficient (Wildman–Crippen LogP) is 2.66. The van der Waals surface area contributed by atoms with E-state index in [1.54, 1.807) is 0 Å². The van der Waals surface area contributed by atoms with Gasteiger partial charge in [0.05, 0.1) is 6.10 Å². The molecular weight excluding hydrogens is 236 g/mol. The first-order valence-corrected chi connectivity index (χ1v) is 7.42. The average Bonchev–Trinajstić information content (AvgIpc) is 2.97. The lowest BCUT2D eigenvalue weighted by Crippen LogP contribution is -2.31. The number of aliphatic hydroxyl groups excluding tert-OH is 1. The predicted molar refractivity (Wildman–Crippen MR) is 80.6 cm³/mol. The Morgan fingerprint density at radius 3 is 2.42 bits per heavy atom. The first-order valence-electron chi connectivity index (χ1n) is 7.42. The molecule has 1 aliphatic heterocycles. The van der Waals surface area contributed by atoms with Crippen molar-refractivity contribution in [2.75, 3.05) is 38.1 Å². The van der Waals surface area contributed by atoms with Crippen molar-refractivity contribution in [2.24, 2.45) is 0 Å². The van der Waals surface area contributed by atoms with Gasteiger partial charge < -0.3 is 14.9 Å². The van der Waals surface area contributed by atoms with Crippen LogP contribution in [0.3, 0.4) is 0 Å². The Morgan fingerprint density at radius 2 is 1.84 bits per heavy atom. The second-order valence-electron chi connectivity index (χ2n) is 5.49. The molecule has 0 aliphatic carbocycles. The molecule has 0 spiro atoms. The van der Waals surface area contributed by atoms with Crippen molar-refractivity contribution in [3.05, 3.63) is 29.8 Å². The zero-order chi connectivity index (χ0) is 13.7. The molecule has 1 aromatic rings. The normalized spacial score (nSPS) is 17.6. The standard InChI is InChI=1S/C16H26N2O/c1-3-16(19)14-6-8-15(9-7-14)17(2)12-13-18-10-4-5-11-18/h6-9,16,19H,3-5,10-13H2,1-2H3. The lowest BCUT2D eigenvalue weighted by Gasteiger charge is -2.23. The Balaban J connectivity index is 1.86. The van der Waals surface area contributed by atoms with Crippen LogP contribution in [0.25, 0.3) is 0 Å². The highest BCUT2D eigenvalue weighted by Crippen LogP contribution is 2.20. The molecule has 0 saturated carbocycles. The lowest BCUT2D eigenvalue weighted by atomic mass is 10.1. The van der Waals surface area contributed by atoms with Crippen LogP contribution in [0.2, 0.25) is 0 Å². The maximum Gasteiger partial charge on any atom is 0.0787 e. The van der Waals surface area contributed by atoms with Crippen molar-refractivity contribution >= 4 is 5.69 Å². The van der Waals surface area contributed by atoms with Crippen LogP contribution in [0.1, 0.15) is 37.9 Å². The Kier molecular flexibility index (Phi) is 5.23. The Hall–Kier alpha value is -1.06. The number of likely N-dealkylation sites (tertiary alicyclic amines) is 1. The maximum absolute atomic E-state index is 9.79. The number of benzene rings is 1. The third-order valence-corrected chi connectivity index (χ3v) is 4.06. The van der Waals surface area contributed by atoms with Crippen LogP contribution in [-0.2, 0) is 0 Å². The molecule has 1 N–H and O–H groups in total. The Labute approximate surface area is 116 Å². The molecule has 106 valence electrons. The molecule has 1 saturated heterocycles. The van der Waals surface area contributed by atoms with Gasteiger partial charge in [-0.3, -0.25) is 0 Å². The SMILES string of the molecule is CCC(O)c1ccc(N(C)CCN2CCCC2)cc1. The summed E-state index contributed by atoms with van der Waals surface area (Å²) in [5.41, 5.74) is 2.24. The minimum absolute atomic E-state index is 0.330. The van der Waals surface area contributed by atoms with Crippen LogP contribution < -0.4 is 4.90 Å². The largest absolute Gasteiger partial charge is 0.388 e. The van der Waals surface area contributed by atoms with Gasteiger partial charge in [0.1, 0.15) is 0 Å². The summed E-state index contributed by atoms with van der Waals surface area (Å²) in [6.45, 7) is 6.73. The van der Waals surface area contributed by atoms with Crippen LogP contribution >= 0.6 is 0 Å². The molecule has 1 atom stereocenters. The molecule has 19 heavy (non-hydrogen) atoms. The summed E-state index contributed by atoms with van der Waals surface area (Å²) >= 11 is 0. The number of rotatable bonds is 6. The lowest BCUT2D eigenvalue weighted by molar-refractivity contribution is 0.173. The van der Waals surface area contributed by atoms with Crippen LogP contribution in [0.4, 0.5) is 5.69 Å². The summed E-state index contributed by atoms with van der Waals surface area (Å²) in [5.74, 6) is 0. The summed E-state index contributed by atoms with van der Waals surface area (Å²) in [6.07, 6.45) is 3.15. The molecule has 1 aromatic carbocycles. The second kappa shape index (κ2) is 6.92. The zero-order valence-electron chi connectivity index (χ0n) is 12.2. The van der Waals surface area contributed by atoms with Crippen molar-refractivity contribution < 1.29 is 5.11 Å². The van der Waals surface area contributed by atoms with Crippen molar-refractivity contribution in [2.45, 2.75) is 32.3 Å². The fraction of sp³-hybridized carbons (Fsp3) is 0.625. The van der Waals surface area contributed by atoms with Gasteiger partial charge in [-0.05, 0) is 50.0 Å². The number of likely N-dealkylation sites (N-methyl/N-ethyl adjacent to an activating group) is 1. The molecule has 0 bridgehead atoms. The average molecular weight is 262 g/mol. The summed E-state index contributed by atoms with van der Waals surface area (Å²) in [5, 5.41) is 9.79. The molecule has 0 amide bonds. The number of hydrogen-bond donors (Lipinski definition) is 1. The van der Waals surface area contributed by atoms with Gasteiger partial charge in [-0.2, -0.15) is 0 Å². The van der Waals surface area contributed by atoms with Gasteiger partial charge >= 0.3 is 0 Å². The molecule has 3 heteroatoms. The van der Waals surface area contributed by atoms with E-state index >= 15 is 0 Å². The number of aliphatic hydroxyl groups is 1. The van der Waals surface area contributed by atoms with Gasteiger partial charge in [0.25, 0.3) is 0 Å². The summed E-state index contributed by atoms with van der Waals surface area (Å²) in [6, 6.07) is 8.29. The van der Waals surface area contributed by atoms with Crippen LogP contribution in [-0.4, -0.2) is 43.2 Å². The minimum Gasteiger partial charge on any atom is -0.388 e. The van der Waals surface area contributed by atoms with E-state index in [-0.39, 0.29) is 6.10 Å². The van der Waals surface area contributed by atoms with Crippen LogP contribution in [0.15, 0.2) is 24.3 Å². The van der Waals surface area contributed by atoms with E-state index in [9.17, 15) is 5.11 Å². The van der Waals surface area contributed by atoms with Crippen molar-refractivity contribution in [1.82, 2.24) is 4.90 Å². The van der Waals surface area contributed by atoms with E-state index in [4.69, 9.17) is 0 Å². The van der Waals surface area contributed by atoms with Gasteiger partial charge in [-0.1, -0.05) is 19.1 Å². The van der Waals surface area contributed by atoms with Gasteiger partial charge in [0.2, 0.25) is 0 Å². The van der Waals surface area contributed by atoms with E-state index in [0.717, 1.165) is 25.1 Å². The number of nitrogens with zero attached hydrogens (tertiary/aromatic N) is 2. The molecule has 1 heterocycles. The first-order chi connectivity index (χ1) is 9.20. The fourth-order valence-electron chi connectivity index (χ4n) is 2.61. The van der Waals surface area contributed by atoms with E-state index in [1.165, 1.54) is 31.6 Å². The van der Waals surface area contributed by atoms with Crippen molar-refractivity contribution in [3.63, 3.8) is 0 Å². The van der Waals surface area contributed by atoms with E-state index in [1.807, 2.05) is 19.1 Å². The molecule has 1 unspecified atom stereocenters. The molecule has 0 aromatic heterocycles. The minimum atomic E-state index is -0.330. The van der Waals surface area contributed by atoms with Crippen LogP contribution in [0, 0.1) is 0 Å².